The molecular weight excluding hydrogens is 428 g/mol. The molecule has 2 aliphatic heterocycles. The summed E-state index contributed by atoms with van der Waals surface area (Å²) in [6.07, 6.45) is 0.997. The molecule has 2 heterocycles. The van der Waals surface area contributed by atoms with Crippen molar-refractivity contribution in [2.24, 2.45) is 4.99 Å². The molecule has 2 amide bonds. The first-order valence-electron chi connectivity index (χ1n) is 10.7. The molecular formula is C23H32N4O4S. The summed E-state index contributed by atoms with van der Waals surface area (Å²) in [7, 11) is 1.57. The number of fused-ring (bicyclic) bond motifs is 1. The number of anilines is 1. The molecule has 8 nitrogen and oxygen atoms in total. The van der Waals surface area contributed by atoms with Crippen molar-refractivity contribution in [3.8, 4) is 0 Å². The molecule has 0 aromatic heterocycles. The maximum Gasteiger partial charge on any atom is 0.338 e. The first-order valence-corrected chi connectivity index (χ1v) is 11.7. The number of amidine groups is 1. The first kappa shape index (κ1) is 24.1. The molecule has 32 heavy (non-hydrogen) atoms. The number of hydrogen-bond donors (Lipinski definition) is 2. The van der Waals surface area contributed by atoms with E-state index in [-0.39, 0.29) is 24.2 Å². The second kappa shape index (κ2) is 10.4. The largest absolute Gasteiger partial charge is 0.460 e. The van der Waals surface area contributed by atoms with E-state index in [4.69, 9.17) is 14.5 Å². The van der Waals surface area contributed by atoms with Crippen LogP contribution in [0.25, 0.3) is 0 Å². The van der Waals surface area contributed by atoms with E-state index < -0.39 is 5.97 Å². The molecule has 1 aromatic rings. The Balaban J connectivity index is 1.92. The summed E-state index contributed by atoms with van der Waals surface area (Å²) in [6.45, 7) is 8.93. The van der Waals surface area contributed by atoms with Crippen molar-refractivity contribution in [1.82, 2.24) is 10.2 Å². The third-order valence-corrected chi connectivity index (χ3v) is 6.02. The van der Waals surface area contributed by atoms with Crippen molar-refractivity contribution in [3.05, 3.63) is 41.1 Å². The molecule has 0 aliphatic carbocycles. The zero-order chi connectivity index (χ0) is 23.3. The van der Waals surface area contributed by atoms with E-state index in [1.807, 2.05) is 52.0 Å². The van der Waals surface area contributed by atoms with Crippen LogP contribution in [0.5, 0.6) is 0 Å². The van der Waals surface area contributed by atoms with E-state index >= 15 is 0 Å². The average molecular weight is 461 g/mol. The van der Waals surface area contributed by atoms with Gasteiger partial charge in [-0.05, 0) is 51.8 Å². The number of thioether (sulfide) groups is 1. The van der Waals surface area contributed by atoms with Gasteiger partial charge < -0.3 is 25.0 Å². The van der Waals surface area contributed by atoms with E-state index in [0.29, 0.717) is 23.6 Å². The number of ether oxygens (including phenoxy) is 2. The number of esters is 1. The van der Waals surface area contributed by atoms with Gasteiger partial charge in [-0.15, -0.1) is 0 Å². The summed E-state index contributed by atoms with van der Waals surface area (Å²) in [5, 5.41) is 6.70. The summed E-state index contributed by atoms with van der Waals surface area (Å²) in [5.41, 5.74) is 2.38. The standard InChI is InChI=1S/C23H32N4O4S/c1-15-18(20(28)31-12-11-30-5)19(27-10-7-13-32-22(27)24-15)16-8-6-9-17(14-16)25-21(29)26-23(2,3)4/h6,8-9,14,19H,7,10-13H2,1-5H3,(H2,25,26,29). The molecule has 1 saturated heterocycles. The highest BCUT2D eigenvalue weighted by atomic mass is 32.2. The number of hydrogen-bond acceptors (Lipinski definition) is 7. The van der Waals surface area contributed by atoms with Gasteiger partial charge in [-0.25, -0.2) is 14.6 Å². The number of methoxy groups -OCH3 is 1. The van der Waals surface area contributed by atoms with Crippen LogP contribution in [0.1, 0.15) is 45.7 Å². The molecule has 0 bridgehead atoms. The van der Waals surface area contributed by atoms with E-state index in [9.17, 15) is 9.59 Å². The maximum absolute atomic E-state index is 13.0. The van der Waals surface area contributed by atoms with Gasteiger partial charge in [0, 0.05) is 30.6 Å². The Bertz CT molecular complexity index is 923. The predicted molar refractivity (Wildman–Crippen MR) is 128 cm³/mol. The molecule has 1 atom stereocenters. The number of amides is 2. The second-order valence-electron chi connectivity index (χ2n) is 8.77. The Hall–Kier alpha value is -2.52. The minimum absolute atomic E-state index is 0.179. The lowest BCUT2D eigenvalue weighted by molar-refractivity contribution is -0.141. The fourth-order valence-corrected chi connectivity index (χ4v) is 4.68. The monoisotopic (exact) mass is 460 g/mol. The van der Waals surface area contributed by atoms with E-state index in [2.05, 4.69) is 15.5 Å². The van der Waals surface area contributed by atoms with Gasteiger partial charge in [0.05, 0.1) is 23.9 Å². The molecule has 1 fully saturated rings. The summed E-state index contributed by atoms with van der Waals surface area (Å²) >= 11 is 1.70. The smallest absolute Gasteiger partial charge is 0.338 e. The van der Waals surface area contributed by atoms with Crippen LogP contribution in [-0.2, 0) is 14.3 Å². The summed E-state index contributed by atoms with van der Waals surface area (Å²) < 4.78 is 10.5. The van der Waals surface area contributed by atoms with Gasteiger partial charge in [0.2, 0.25) is 0 Å². The van der Waals surface area contributed by atoms with Gasteiger partial charge in [0.25, 0.3) is 0 Å². The van der Waals surface area contributed by atoms with E-state index in [1.54, 1.807) is 18.9 Å². The number of aliphatic imine (C=N–C) groups is 1. The minimum atomic E-state index is -0.397. The number of nitrogens with one attached hydrogen (secondary N) is 2. The molecule has 9 heteroatoms. The minimum Gasteiger partial charge on any atom is -0.460 e. The highest BCUT2D eigenvalue weighted by Gasteiger charge is 2.38. The van der Waals surface area contributed by atoms with Gasteiger partial charge in [-0.1, -0.05) is 23.9 Å². The third kappa shape index (κ3) is 6.04. The van der Waals surface area contributed by atoms with Gasteiger partial charge in [-0.2, -0.15) is 0 Å². The number of allylic oxidation sites excluding steroid dienone is 1. The zero-order valence-electron chi connectivity index (χ0n) is 19.4. The third-order valence-electron chi connectivity index (χ3n) is 4.95. The SMILES string of the molecule is COCCOC(=O)C1=C(C)N=C2SCCCN2C1c1cccc(NC(=O)NC(C)(C)C)c1. The van der Waals surface area contributed by atoms with E-state index in [1.165, 1.54) is 0 Å². The molecule has 0 saturated carbocycles. The van der Waals surface area contributed by atoms with Crippen LogP contribution in [0.4, 0.5) is 10.5 Å². The number of carbonyl (C=O) groups excluding carboxylic acids is 2. The molecule has 1 unspecified atom stereocenters. The van der Waals surface area contributed by atoms with Crippen molar-refractivity contribution in [1.29, 1.82) is 0 Å². The highest BCUT2D eigenvalue weighted by molar-refractivity contribution is 8.13. The fraction of sp³-hybridized carbons (Fsp3) is 0.522. The van der Waals surface area contributed by atoms with Crippen LogP contribution in [0.3, 0.4) is 0 Å². The lowest BCUT2D eigenvalue weighted by atomic mass is 9.94. The van der Waals surface area contributed by atoms with Crippen LogP contribution in [0, 0.1) is 0 Å². The van der Waals surface area contributed by atoms with E-state index in [0.717, 1.165) is 29.4 Å². The average Bonchev–Trinajstić information content (AvgIpc) is 2.71. The summed E-state index contributed by atoms with van der Waals surface area (Å²) in [5.74, 6) is 0.601. The second-order valence-corrected chi connectivity index (χ2v) is 9.84. The van der Waals surface area contributed by atoms with Crippen molar-refractivity contribution >= 4 is 34.6 Å². The Morgan fingerprint density at radius 2 is 2.06 bits per heavy atom. The van der Waals surface area contributed by atoms with Gasteiger partial charge in [-0.3, -0.25) is 0 Å². The molecule has 3 rings (SSSR count). The van der Waals surface area contributed by atoms with Crippen molar-refractivity contribution in [2.75, 3.05) is 37.9 Å². The van der Waals surface area contributed by atoms with Gasteiger partial charge >= 0.3 is 12.0 Å². The Labute approximate surface area is 193 Å². The lowest BCUT2D eigenvalue weighted by Gasteiger charge is -2.40. The molecule has 2 N–H and O–H groups in total. The molecule has 174 valence electrons. The Kier molecular flexibility index (Phi) is 7.84. The van der Waals surface area contributed by atoms with Crippen molar-refractivity contribution < 1.29 is 19.1 Å². The lowest BCUT2D eigenvalue weighted by Crippen LogP contribution is -2.43. The van der Waals surface area contributed by atoms with Gasteiger partial charge in [0.1, 0.15) is 6.61 Å². The topological polar surface area (TPSA) is 92.3 Å². The summed E-state index contributed by atoms with van der Waals surface area (Å²) in [4.78, 5) is 32.3. The maximum atomic E-state index is 13.0. The van der Waals surface area contributed by atoms with Crippen LogP contribution < -0.4 is 10.6 Å². The molecule has 1 aromatic carbocycles. The number of nitrogens with zero attached hydrogens (tertiary/aromatic N) is 2. The van der Waals surface area contributed by atoms with Crippen LogP contribution in [-0.4, -0.2) is 60.2 Å². The number of urea groups is 1. The number of carbonyl (C=O) groups is 2. The van der Waals surface area contributed by atoms with Gasteiger partial charge in [0.15, 0.2) is 5.17 Å². The van der Waals surface area contributed by atoms with Crippen LogP contribution in [0.2, 0.25) is 0 Å². The normalized spacial score (nSPS) is 18.6. The fourth-order valence-electron chi connectivity index (χ4n) is 3.66. The molecule has 0 spiro atoms. The Morgan fingerprint density at radius 3 is 2.78 bits per heavy atom. The number of benzene rings is 1. The zero-order valence-corrected chi connectivity index (χ0v) is 20.2. The quantitative estimate of drug-likeness (QED) is 0.494. The van der Waals surface area contributed by atoms with Crippen molar-refractivity contribution in [3.63, 3.8) is 0 Å². The first-order chi connectivity index (χ1) is 15.2. The Morgan fingerprint density at radius 1 is 1.28 bits per heavy atom. The molecule has 0 radical (unpaired) electrons. The van der Waals surface area contributed by atoms with Crippen LogP contribution >= 0.6 is 11.8 Å². The van der Waals surface area contributed by atoms with Crippen LogP contribution in [0.15, 0.2) is 40.5 Å². The number of rotatable bonds is 6. The molecule has 2 aliphatic rings. The van der Waals surface area contributed by atoms with Crippen molar-refractivity contribution in [2.45, 2.75) is 45.7 Å². The highest BCUT2D eigenvalue weighted by Crippen LogP contribution is 2.40. The summed E-state index contributed by atoms with van der Waals surface area (Å²) in [6, 6.07) is 6.98. The predicted octanol–water partition coefficient (Wildman–Crippen LogP) is 3.92.